The largest absolute Gasteiger partial charge is 0.497 e. The predicted molar refractivity (Wildman–Crippen MR) is 122 cm³/mol. The SMILES string of the molecule is CCCCCCCCOC(=O)c1cc(-c2ccc(OC)cc2)nc2ccc(C)cc12. The van der Waals surface area contributed by atoms with Gasteiger partial charge in [-0.15, -0.1) is 0 Å². The molecule has 2 aromatic carbocycles. The van der Waals surface area contributed by atoms with Crippen LogP contribution in [0.3, 0.4) is 0 Å². The Morgan fingerprint density at radius 3 is 2.40 bits per heavy atom. The van der Waals surface area contributed by atoms with Crippen LogP contribution in [0, 0.1) is 6.92 Å². The van der Waals surface area contributed by atoms with Crippen molar-refractivity contribution in [3.05, 3.63) is 59.7 Å². The van der Waals surface area contributed by atoms with Crippen LogP contribution in [-0.2, 0) is 4.74 Å². The minimum atomic E-state index is -0.281. The van der Waals surface area contributed by atoms with E-state index in [1.165, 1.54) is 25.7 Å². The first kappa shape index (κ1) is 21.8. The minimum Gasteiger partial charge on any atom is -0.497 e. The van der Waals surface area contributed by atoms with E-state index in [1.807, 2.05) is 55.5 Å². The molecule has 1 heterocycles. The quantitative estimate of drug-likeness (QED) is 0.277. The molecular weight excluding hydrogens is 374 g/mol. The van der Waals surface area contributed by atoms with Gasteiger partial charge in [-0.1, -0.05) is 50.7 Å². The van der Waals surface area contributed by atoms with Crippen molar-refractivity contribution in [1.82, 2.24) is 4.98 Å². The Hall–Kier alpha value is -2.88. The van der Waals surface area contributed by atoms with Crippen LogP contribution in [0.25, 0.3) is 22.2 Å². The van der Waals surface area contributed by atoms with Crippen LogP contribution in [0.1, 0.15) is 61.4 Å². The highest BCUT2D eigenvalue weighted by molar-refractivity contribution is 6.04. The molecule has 0 saturated heterocycles. The summed E-state index contributed by atoms with van der Waals surface area (Å²) < 4.78 is 10.9. The van der Waals surface area contributed by atoms with Crippen LogP contribution in [0.15, 0.2) is 48.5 Å². The average Bonchev–Trinajstić information content (AvgIpc) is 2.77. The van der Waals surface area contributed by atoms with Gasteiger partial charge in [-0.2, -0.15) is 0 Å². The maximum absolute atomic E-state index is 12.9. The number of benzene rings is 2. The van der Waals surface area contributed by atoms with Crippen molar-refractivity contribution >= 4 is 16.9 Å². The lowest BCUT2D eigenvalue weighted by molar-refractivity contribution is 0.0500. The Morgan fingerprint density at radius 1 is 0.933 bits per heavy atom. The van der Waals surface area contributed by atoms with Crippen molar-refractivity contribution in [2.24, 2.45) is 0 Å². The zero-order valence-electron chi connectivity index (χ0n) is 18.2. The van der Waals surface area contributed by atoms with Crippen LogP contribution in [0.4, 0.5) is 0 Å². The molecule has 3 rings (SSSR count). The highest BCUT2D eigenvalue weighted by atomic mass is 16.5. The van der Waals surface area contributed by atoms with Gasteiger partial charge in [-0.25, -0.2) is 9.78 Å². The molecule has 0 N–H and O–H groups in total. The normalized spacial score (nSPS) is 10.9. The summed E-state index contributed by atoms with van der Waals surface area (Å²) in [5.41, 5.74) is 4.14. The van der Waals surface area contributed by atoms with Gasteiger partial charge in [0.15, 0.2) is 0 Å². The van der Waals surface area contributed by atoms with E-state index in [2.05, 4.69) is 6.92 Å². The van der Waals surface area contributed by atoms with Crippen molar-refractivity contribution in [3.8, 4) is 17.0 Å². The van der Waals surface area contributed by atoms with Crippen molar-refractivity contribution in [1.29, 1.82) is 0 Å². The second kappa shape index (κ2) is 10.8. The van der Waals surface area contributed by atoms with Crippen molar-refractivity contribution < 1.29 is 14.3 Å². The Bertz CT molecular complexity index is 979. The molecule has 0 spiro atoms. The summed E-state index contributed by atoms with van der Waals surface area (Å²) in [6.45, 7) is 4.68. The fourth-order valence-corrected chi connectivity index (χ4v) is 3.54. The van der Waals surface area contributed by atoms with Gasteiger partial charge >= 0.3 is 5.97 Å². The van der Waals surface area contributed by atoms with E-state index in [0.29, 0.717) is 12.2 Å². The lowest BCUT2D eigenvalue weighted by Gasteiger charge is -2.11. The number of hydrogen-bond acceptors (Lipinski definition) is 4. The zero-order chi connectivity index (χ0) is 21.3. The van der Waals surface area contributed by atoms with Gasteiger partial charge in [-0.3, -0.25) is 0 Å². The monoisotopic (exact) mass is 405 g/mol. The molecule has 30 heavy (non-hydrogen) atoms. The summed E-state index contributed by atoms with van der Waals surface area (Å²) >= 11 is 0. The van der Waals surface area contributed by atoms with E-state index < -0.39 is 0 Å². The first-order valence-corrected chi connectivity index (χ1v) is 10.9. The zero-order valence-corrected chi connectivity index (χ0v) is 18.2. The van der Waals surface area contributed by atoms with Crippen LogP contribution >= 0.6 is 0 Å². The van der Waals surface area contributed by atoms with Gasteiger partial charge in [0, 0.05) is 10.9 Å². The van der Waals surface area contributed by atoms with E-state index in [0.717, 1.165) is 46.3 Å². The Kier molecular flexibility index (Phi) is 7.83. The number of aryl methyl sites for hydroxylation is 1. The third kappa shape index (κ3) is 5.59. The fraction of sp³-hybridized carbons (Fsp3) is 0.385. The minimum absolute atomic E-state index is 0.281. The number of pyridine rings is 1. The summed E-state index contributed by atoms with van der Waals surface area (Å²) in [5.74, 6) is 0.505. The standard InChI is InChI=1S/C26H31NO3/c1-4-5-6-7-8-9-16-30-26(28)23-18-25(20-11-13-21(29-3)14-12-20)27-24-15-10-19(2)17-22(23)24/h10-15,17-18H,4-9,16H2,1-3H3. The molecule has 0 aliphatic rings. The number of rotatable bonds is 10. The molecule has 0 unspecified atom stereocenters. The molecule has 3 aromatic rings. The number of carbonyl (C=O) groups is 1. The third-order valence-corrected chi connectivity index (χ3v) is 5.30. The molecule has 0 bridgehead atoms. The molecular formula is C26H31NO3. The van der Waals surface area contributed by atoms with Crippen molar-refractivity contribution in [2.75, 3.05) is 13.7 Å². The van der Waals surface area contributed by atoms with E-state index in [1.54, 1.807) is 7.11 Å². The smallest absolute Gasteiger partial charge is 0.338 e. The molecule has 0 saturated carbocycles. The van der Waals surface area contributed by atoms with Gasteiger partial charge < -0.3 is 9.47 Å². The highest BCUT2D eigenvalue weighted by Gasteiger charge is 2.15. The summed E-state index contributed by atoms with van der Waals surface area (Å²) in [4.78, 5) is 17.7. The number of aromatic nitrogens is 1. The van der Waals surface area contributed by atoms with Crippen molar-refractivity contribution in [3.63, 3.8) is 0 Å². The summed E-state index contributed by atoms with van der Waals surface area (Å²) in [7, 11) is 1.64. The number of carbonyl (C=O) groups excluding carboxylic acids is 1. The molecule has 1 aromatic heterocycles. The molecule has 0 fully saturated rings. The number of nitrogens with zero attached hydrogens (tertiary/aromatic N) is 1. The molecule has 0 amide bonds. The Balaban J connectivity index is 1.80. The second-order valence-corrected chi connectivity index (χ2v) is 7.71. The molecule has 4 nitrogen and oxygen atoms in total. The van der Waals surface area contributed by atoms with Gasteiger partial charge in [0.05, 0.1) is 30.5 Å². The number of esters is 1. The predicted octanol–water partition coefficient (Wildman–Crippen LogP) is 6.74. The second-order valence-electron chi connectivity index (χ2n) is 7.71. The Labute approximate surface area is 179 Å². The van der Waals surface area contributed by atoms with Crippen molar-refractivity contribution in [2.45, 2.75) is 52.4 Å². The lowest BCUT2D eigenvalue weighted by Crippen LogP contribution is -2.08. The van der Waals surface area contributed by atoms with Gasteiger partial charge in [0.2, 0.25) is 0 Å². The average molecular weight is 406 g/mol. The van der Waals surface area contributed by atoms with Gasteiger partial charge in [0.25, 0.3) is 0 Å². The molecule has 158 valence electrons. The highest BCUT2D eigenvalue weighted by Crippen LogP contribution is 2.27. The van der Waals surface area contributed by atoms with E-state index in [4.69, 9.17) is 14.5 Å². The first-order valence-electron chi connectivity index (χ1n) is 10.9. The van der Waals surface area contributed by atoms with E-state index >= 15 is 0 Å². The molecule has 0 aliphatic heterocycles. The van der Waals surface area contributed by atoms with Crippen LogP contribution in [0.2, 0.25) is 0 Å². The molecule has 0 atom stereocenters. The topological polar surface area (TPSA) is 48.4 Å². The van der Waals surface area contributed by atoms with Crippen LogP contribution in [0.5, 0.6) is 5.75 Å². The summed E-state index contributed by atoms with van der Waals surface area (Å²) in [6.07, 6.45) is 6.97. The number of ether oxygens (including phenoxy) is 2. The number of fused-ring (bicyclic) bond motifs is 1. The maximum atomic E-state index is 12.9. The third-order valence-electron chi connectivity index (χ3n) is 5.30. The van der Waals surface area contributed by atoms with Crippen LogP contribution in [-0.4, -0.2) is 24.7 Å². The van der Waals surface area contributed by atoms with Gasteiger partial charge in [0.1, 0.15) is 5.75 Å². The lowest BCUT2D eigenvalue weighted by atomic mass is 10.0. The van der Waals surface area contributed by atoms with Gasteiger partial charge in [-0.05, 0) is 55.8 Å². The fourth-order valence-electron chi connectivity index (χ4n) is 3.54. The van der Waals surface area contributed by atoms with E-state index in [-0.39, 0.29) is 5.97 Å². The summed E-state index contributed by atoms with van der Waals surface area (Å²) in [6, 6.07) is 15.5. The van der Waals surface area contributed by atoms with Crippen LogP contribution < -0.4 is 4.74 Å². The summed E-state index contributed by atoms with van der Waals surface area (Å²) in [5, 5.41) is 0.834. The Morgan fingerprint density at radius 2 is 1.67 bits per heavy atom. The number of methoxy groups -OCH3 is 1. The number of hydrogen-bond donors (Lipinski definition) is 0. The first-order chi connectivity index (χ1) is 14.6. The number of unbranched alkanes of at least 4 members (excludes halogenated alkanes) is 5. The molecule has 4 heteroatoms. The van der Waals surface area contributed by atoms with E-state index in [9.17, 15) is 4.79 Å². The maximum Gasteiger partial charge on any atom is 0.338 e. The molecule has 0 radical (unpaired) electrons. The molecule has 0 aliphatic carbocycles.